The standard InChI is InChI=1S/C18H34N2O3/c1-14(2)16(20-15-7-11-23-12-8-15)17(21)19-13-18(22)9-5-3-4-6-10-18/h14-16,20,22H,3-13H2,1-2H3,(H,19,21). The van der Waals surface area contributed by atoms with Gasteiger partial charge in [-0.25, -0.2) is 0 Å². The molecule has 0 spiro atoms. The van der Waals surface area contributed by atoms with Gasteiger partial charge < -0.3 is 20.5 Å². The minimum Gasteiger partial charge on any atom is -0.388 e. The molecule has 1 aliphatic heterocycles. The number of amides is 1. The second-order valence-corrected chi connectivity index (χ2v) is 7.63. The predicted octanol–water partition coefficient (Wildman–Crippen LogP) is 1.98. The Labute approximate surface area is 140 Å². The van der Waals surface area contributed by atoms with E-state index in [4.69, 9.17) is 4.74 Å². The molecule has 3 N–H and O–H groups in total. The number of nitrogens with one attached hydrogen (secondary N) is 2. The van der Waals surface area contributed by atoms with E-state index in [9.17, 15) is 9.90 Å². The van der Waals surface area contributed by atoms with Gasteiger partial charge in [0, 0.05) is 25.8 Å². The van der Waals surface area contributed by atoms with Crippen molar-refractivity contribution in [1.82, 2.24) is 10.6 Å². The number of hydrogen-bond acceptors (Lipinski definition) is 4. The summed E-state index contributed by atoms with van der Waals surface area (Å²) >= 11 is 0. The van der Waals surface area contributed by atoms with Crippen LogP contribution in [-0.2, 0) is 9.53 Å². The van der Waals surface area contributed by atoms with Gasteiger partial charge in [0.25, 0.3) is 0 Å². The molecule has 2 rings (SSSR count). The van der Waals surface area contributed by atoms with Gasteiger partial charge in [0.05, 0.1) is 11.6 Å². The van der Waals surface area contributed by atoms with Gasteiger partial charge in [-0.3, -0.25) is 4.79 Å². The molecule has 23 heavy (non-hydrogen) atoms. The lowest BCUT2D eigenvalue weighted by Gasteiger charge is -2.32. The molecule has 1 amide bonds. The third-order valence-electron chi connectivity index (χ3n) is 5.21. The molecule has 0 bridgehead atoms. The highest BCUT2D eigenvalue weighted by Gasteiger charge is 2.31. The molecule has 5 heteroatoms. The van der Waals surface area contributed by atoms with Crippen molar-refractivity contribution >= 4 is 5.91 Å². The fourth-order valence-corrected chi connectivity index (χ4v) is 3.61. The number of aliphatic hydroxyl groups is 1. The van der Waals surface area contributed by atoms with Gasteiger partial charge >= 0.3 is 0 Å². The maximum atomic E-state index is 12.6. The van der Waals surface area contributed by atoms with E-state index in [0.29, 0.717) is 12.6 Å². The van der Waals surface area contributed by atoms with Crippen molar-refractivity contribution in [3.05, 3.63) is 0 Å². The number of carbonyl (C=O) groups is 1. The van der Waals surface area contributed by atoms with Crippen molar-refractivity contribution in [2.24, 2.45) is 5.92 Å². The predicted molar refractivity (Wildman–Crippen MR) is 91.3 cm³/mol. The van der Waals surface area contributed by atoms with E-state index in [0.717, 1.165) is 51.7 Å². The molecule has 2 fully saturated rings. The third kappa shape index (κ3) is 6.05. The lowest BCUT2D eigenvalue weighted by Crippen LogP contribution is -2.54. The van der Waals surface area contributed by atoms with E-state index in [1.807, 2.05) is 0 Å². The second-order valence-electron chi connectivity index (χ2n) is 7.63. The maximum Gasteiger partial charge on any atom is 0.237 e. The molecule has 2 aliphatic rings. The van der Waals surface area contributed by atoms with Gasteiger partial charge in [-0.15, -0.1) is 0 Å². The molecule has 134 valence electrons. The van der Waals surface area contributed by atoms with Crippen LogP contribution in [-0.4, -0.2) is 48.5 Å². The van der Waals surface area contributed by atoms with Crippen LogP contribution in [0.25, 0.3) is 0 Å². The lowest BCUT2D eigenvalue weighted by molar-refractivity contribution is -0.126. The number of carbonyl (C=O) groups excluding carboxylic acids is 1. The molecule has 1 saturated heterocycles. The summed E-state index contributed by atoms with van der Waals surface area (Å²) in [5.41, 5.74) is -0.716. The Hall–Kier alpha value is -0.650. The van der Waals surface area contributed by atoms with E-state index >= 15 is 0 Å². The summed E-state index contributed by atoms with van der Waals surface area (Å²) in [7, 11) is 0. The second kappa shape index (κ2) is 9.00. The molecule has 1 saturated carbocycles. The van der Waals surface area contributed by atoms with Gasteiger partial charge in [-0.2, -0.15) is 0 Å². The van der Waals surface area contributed by atoms with Crippen LogP contribution in [0.1, 0.15) is 65.2 Å². The highest BCUT2D eigenvalue weighted by molar-refractivity contribution is 5.82. The van der Waals surface area contributed by atoms with Crippen LogP contribution in [0.5, 0.6) is 0 Å². The van der Waals surface area contributed by atoms with E-state index < -0.39 is 5.60 Å². The Morgan fingerprint density at radius 1 is 1.17 bits per heavy atom. The van der Waals surface area contributed by atoms with Crippen molar-refractivity contribution in [3.63, 3.8) is 0 Å². The van der Waals surface area contributed by atoms with Gasteiger partial charge in [-0.05, 0) is 31.6 Å². The summed E-state index contributed by atoms with van der Waals surface area (Å²) in [6.07, 6.45) is 8.01. The smallest absolute Gasteiger partial charge is 0.237 e. The van der Waals surface area contributed by atoms with Gasteiger partial charge in [0.1, 0.15) is 0 Å². The quantitative estimate of drug-likeness (QED) is 0.653. The van der Waals surface area contributed by atoms with E-state index in [2.05, 4.69) is 24.5 Å². The van der Waals surface area contributed by atoms with Crippen molar-refractivity contribution in [3.8, 4) is 0 Å². The molecular weight excluding hydrogens is 292 g/mol. The molecule has 0 aromatic rings. The van der Waals surface area contributed by atoms with Gasteiger partial charge in [0.2, 0.25) is 5.91 Å². The van der Waals surface area contributed by atoms with Gasteiger partial charge in [-0.1, -0.05) is 39.5 Å². The zero-order chi connectivity index (χ0) is 16.7. The first-order valence-corrected chi connectivity index (χ1v) is 9.34. The summed E-state index contributed by atoms with van der Waals surface area (Å²) in [5, 5.41) is 17.2. The van der Waals surface area contributed by atoms with E-state index in [1.54, 1.807) is 0 Å². The van der Waals surface area contributed by atoms with Crippen molar-refractivity contribution in [2.45, 2.75) is 82.9 Å². The highest BCUT2D eigenvalue weighted by Crippen LogP contribution is 2.26. The first kappa shape index (κ1) is 18.7. The largest absolute Gasteiger partial charge is 0.388 e. The van der Waals surface area contributed by atoms with Crippen LogP contribution in [0.4, 0.5) is 0 Å². The van der Waals surface area contributed by atoms with Crippen LogP contribution in [0.15, 0.2) is 0 Å². The van der Waals surface area contributed by atoms with Crippen molar-refractivity contribution in [2.75, 3.05) is 19.8 Å². The maximum absolute atomic E-state index is 12.6. The van der Waals surface area contributed by atoms with E-state index in [-0.39, 0.29) is 17.9 Å². The number of rotatable bonds is 6. The summed E-state index contributed by atoms with van der Waals surface area (Å²) < 4.78 is 5.38. The van der Waals surface area contributed by atoms with Crippen LogP contribution in [0.2, 0.25) is 0 Å². The van der Waals surface area contributed by atoms with Gasteiger partial charge in [0.15, 0.2) is 0 Å². The molecule has 1 unspecified atom stereocenters. The monoisotopic (exact) mass is 326 g/mol. The molecule has 1 aliphatic carbocycles. The van der Waals surface area contributed by atoms with Crippen LogP contribution >= 0.6 is 0 Å². The summed E-state index contributed by atoms with van der Waals surface area (Å²) in [6, 6.07) is 0.148. The Kier molecular flexibility index (Phi) is 7.31. The van der Waals surface area contributed by atoms with Crippen LogP contribution in [0.3, 0.4) is 0 Å². The van der Waals surface area contributed by atoms with Crippen molar-refractivity contribution in [1.29, 1.82) is 0 Å². The summed E-state index contributed by atoms with van der Waals surface area (Å²) in [5.74, 6) is 0.241. The zero-order valence-corrected chi connectivity index (χ0v) is 14.8. The fourth-order valence-electron chi connectivity index (χ4n) is 3.61. The lowest BCUT2D eigenvalue weighted by atomic mass is 9.94. The Morgan fingerprint density at radius 3 is 2.35 bits per heavy atom. The molecule has 1 atom stereocenters. The summed E-state index contributed by atoms with van der Waals surface area (Å²) in [6.45, 7) is 6.05. The van der Waals surface area contributed by atoms with Crippen LogP contribution < -0.4 is 10.6 Å². The third-order valence-corrected chi connectivity index (χ3v) is 5.21. The van der Waals surface area contributed by atoms with Crippen LogP contribution in [0, 0.1) is 5.92 Å². The Balaban J connectivity index is 1.84. The van der Waals surface area contributed by atoms with Crippen molar-refractivity contribution < 1.29 is 14.6 Å². The number of ether oxygens (including phenoxy) is 1. The molecule has 0 radical (unpaired) electrons. The minimum atomic E-state index is -0.716. The molecule has 5 nitrogen and oxygen atoms in total. The topological polar surface area (TPSA) is 70.6 Å². The first-order chi connectivity index (χ1) is 11.0. The van der Waals surface area contributed by atoms with E-state index in [1.165, 1.54) is 12.8 Å². The average Bonchev–Trinajstić information content (AvgIpc) is 2.76. The minimum absolute atomic E-state index is 0.0177. The molecule has 0 aromatic heterocycles. The average molecular weight is 326 g/mol. The first-order valence-electron chi connectivity index (χ1n) is 9.34. The fraction of sp³-hybridized carbons (Fsp3) is 0.944. The Morgan fingerprint density at radius 2 is 1.78 bits per heavy atom. The Bertz CT molecular complexity index is 359. The number of hydrogen-bond donors (Lipinski definition) is 3. The molecule has 0 aromatic carbocycles. The highest BCUT2D eigenvalue weighted by atomic mass is 16.5. The molecule has 1 heterocycles. The summed E-state index contributed by atoms with van der Waals surface area (Å²) in [4.78, 5) is 12.6. The zero-order valence-electron chi connectivity index (χ0n) is 14.8. The normalized spacial score (nSPS) is 24.2. The SMILES string of the molecule is CC(C)C(NC1CCOCC1)C(=O)NCC1(O)CCCCCC1. The molecular formula is C18H34N2O3.